The van der Waals surface area contributed by atoms with Gasteiger partial charge in [-0.25, -0.2) is 0 Å². The van der Waals surface area contributed by atoms with Crippen LogP contribution < -0.4 is 10.6 Å². The van der Waals surface area contributed by atoms with Crippen molar-refractivity contribution in [3.05, 3.63) is 29.8 Å². The van der Waals surface area contributed by atoms with Crippen LogP contribution in [0.25, 0.3) is 0 Å². The molecule has 0 saturated heterocycles. The Morgan fingerprint density at radius 1 is 1.11 bits per heavy atom. The molecule has 0 bridgehead atoms. The third kappa shape index (κ3) is 6.40. The Bertz CT molecular complexity index is 330. The first-order chi connectivity index (χ1) is 8.86. The Kier molecular flexibility index (Phi) is 7.89. The first-order valence-electron chi connectivity index (χ1n) is 6.84. The molecule has 0 aliphatic rings. The molecule has 0 radical (unpaired) electrons. The number of rotatable bonds is 9. The summed E-state index contributed by atoms with van der Waals surface area (Å²) in [5.41, 5.74) is 2.44. The summed E-state index contributed by atoms with van der Waals surface area (Å²) in [7, 11) is 0. The van der Waals surface area contributed by atoms with Crippen molar-refractivity contribution < 1.29 is 0 Å². The number of hydrogen-bond donors (Lipinski definition) is 2. The van der Waals surface area contributed by atoms with Gasteiger partial charge in [0, 0.05) is 12.2 Å². The van der Waals surface area contributed by atoms with E-state index in [4.69, 9.17) is 0 Å². The molecule has 0 aliphatic carbocycles. The second-order valence-corrected chi connectivity index (χ2v) is 4.33. The first-order valence-corrected chi connectivity index (χ1v) is 6.84. The summed E-state index contributed by atoms with van der Waals surface area (Å²) in [5, 5.41) is 6.82. The number of anilines is 1. The molecule has 0 aliphatic heterocycles. The van der Waals surface area contributed by atoms with E-state index in [1.165, 1.54) is 17.7 Å². The van der Waals surface area contributed by atoms with Crippen LogP contribution in [0, 0.1) is 0 Å². The van der Waals surface area contributed by atoms with E-state index in [0.717, 1.165) is 32.6 Å². The van der Waals surface area contributed by atoms with Crippen molar-refractivity contribution in [3.8, 4) is 0 Å². The molecule has 1 aromatic rings. The Balaban J connectivity index is 2.18. The highest BCUT2D eigenvalue weighted by Crippen LogP contribution is 2.10. The maximum Gasteiger partial charge on any atom is 0.0635 e. The zero-order valence-electron chi connectivity index (χ0n) is 11.6. The second kappa shape index (κ2) is 9.66. The summed E-state index contributed by atoms with van der Waals surface area (Å²) in [6.07, 6.45) is 4.20. The van der Waals surface area contributed by atoms with Crippen molar-refractivity contribution in [2.45, 2.75) is 33.2 Å². The third-order valence-electron chi connectivity index (χ3n) is 2.70. The number of benzene rings is 1. The Morgan fingerprint density at radius 3 is 2.56 bits per heavy atom. The molecule has 0 unspecified atom stereocenters. The highest BCUT2D eigenvalue weighted by molar-refractivity contribution is 5.53. The van der Waals surface area contributed by atoms with Crippen molar-refractivity contribution in [3.63, 3.8) is 0 Å². The molecule has 0 fully saturated rings. The lowest BCUT2D eigenvalue weighted by Crippen LogP contribution is -2.18. The predicted molar refractivity (Wildman–Crippen MR) is 80.6 cm³/mol. The van der Waals surface area contributed by atoms with Crippen molar-refractivity contribution in [2.24, 2.45) is 4.99 Å². The third-order valence-corrected chi connectivity index (χ3v) is 2.70. The first kappa shape index (κ1) is 14.7. The largest absolute Gasteiger partial charge is 0.385 e. The molecule has 3 nitrogen and oxygen atoms in total. The summed E-state index contributed by atoms with van der Waals surface area (Å²) >= 11 is 0. The standard InChI is InChI=1S/C15H25N3/c1-3-10-17-11-5-12-18-15-8-6-14(7-9-15)13-16-4-2/h4,6-9,17-18H,3,5,10-13H2,1-2H3. The van der Waals surface area contributed by atoms with E-state index in [0.29, 0.717) is 0 Å². The lowest BCUT2D eigenvalue weighted by molar-refractivity contribution is 0.652. The Hall–Kier alpha value is -1.35. The van der Waals surface area contributed by atoms with Crippen LogP contribution in [0.4, 0.5) is 5.69 Å². The second-order valence-electron chi connectivity index (χ2n) is 4.33. The van der Waals surface area contributed by atoms with E-state index in [2.05, 4.69) is 46.8 Å². The van der Waals surface area contributed by atoms with Gasteiger partial charge in [-0.15, -0.1) is 0 Å². The van der Waals surface area contributed by atoms with Gasteiger partial charge in [-0.05, 0) is 56.8 Å². The van der Waals surface area contributed by atoms with Gasteiger partial charge in [0.25, 0.3) is 0 Å². The molecule has 18 heavy (non-hydrogen) atoms. The maximum atomic E-state index is 4.22. The fourth-order valence-corrected chi connectivity index (χ4v) is 1.67. The van der Waals surface area contributed by atoms with Crippen LogP contribution in [0.1, 0.15) is 32.3 Å². The lowest BCUT2D eigenvalue weighted by Gasteiger charge is -2.07. The molecule has 0 spiro atoms. The van der Waals surface area contributed by atoms with Crippen molar-refractivity contribution in [1.29, 1.82) is 0 Å². The summed E-state index contributed by atoms with van der Waals surface area (Å²) in [6.45, 7) is 8.13. The highest BCUT2D eigenvalue weighted by atomic mass is 14.9. The normalized spacial score (nSPS) is 11.0. The van der Waals surface area contributed by atoms with Crippen LogP contribution in [-0.4, -0.2) is 25.8 Å². The van der Waals surface area contributed by atoms with Gasteiger partial charge in [-0.2, -0.15) is 0 Å². The molecule has 2 N–H and O–H groups in total. The maximum absolute atomic E-state index is 4.22. The molecule has 1 rings (SSSR count). The number of hydrogen-bond acceptors (Lipinski definition) is 3. The van der Waals surface area contributed by atoms with Crippen LogP contribution in [0.2, 0.25) is 0 Å². The Morgan fingerprint density at radius 2 is 1.89 bits per heavy atom. The van der Waals surface area contributed by atoms with Crippen LogP contribution in [-0.2, 0) is 6.54 Å². The minimum absolute atomic E-state index is 0.776. The topological polar surface area (TPSA) is 36.4 Å². The number of aliphatic imine (C=N–C) groups is 1. The molecular weight excluding hydrogens is 222 g/mol. The monoisotopic (exact) mass is 247 g/mol. The molecule has 0 amide bonds. The SMILES string of the molecule is CC=NCc1ccc(NCCCNCCC)cc1. The molecule has 0 saturated carbocycles. The van der Waals surface area contributed by atoms with Gasteiger partial charge in [0.05, 0.1) is 6.54 Å². The zero-order chi connectivity index (χ0) is 13.1. The van der Waals surface area contributed by atoms with E-state index in [-0.39, 0.29) is 0 Å². The molecule has 3 heteroatoms. The highest BCUT2D eigenvalue weighted by Gasteiger charge is 1.93. The van der Waals surface area contributed by atoms with Crippen molar-refractivity contribution >= 4 is 11.9 Å². The quantitative estimate of drug-likeness (QED) is 0.520. The van der Waals surface area contributed by atoms with Gasteiger partial charge in [0.2, 0.25) is 0 Å². The predicted octanol–water partition coefficient (Wildman–Crippen LogP) is 3.08. The lowest BCUT2D eigenvalue weighted by atomic mass is 10.2. The van der Waals surface area contributed by atoms with Crippen molar-refractivity contribution in [1.82, 2.24) is 5.32 Å². The summed E-state index contributed by atoms with van der Waals surface area (Å²) in [4.78, 5) is 4.22. The average molecular weight is 247 g/mol. The number of nitrogens with zero attached hydrogens (tertiary/aromatic N) is 1. The van der Waals surface area contributed by atoms with Crippen LogP contribution >= 0.6 is 0 Å². The molecule has 1 aromatic carbocycles. The van der Waals surface area contributed by atoms with Gasteiger partial charge >= 0.3 is 0 Å². The van der Waals surface area contributed by atoms with E-state index < -0.39 is 0 Å². The Labute approximate surface area is 111 Å². The number of nitrogens with one attached hydrogen (secondary N) is 2. The molecule has 0 aromatic heterocycles. The van der Waals surface area contributed by atoms with E-state index >= 15 is 0 Å². The van der Waals surface area contributed by atoms with Crippen LogP contribution in [0.3, 0.4) is 0 Å². The van der Waals surface area contributed by atoms with E-state index in [1.807, 2.05) is 13.1 Å². The summed E-state index contributed by atoms with van der Waals surface area (Å²) in [5.74, 6) is 0. The summed E-state index contributed by atoms with van der Waals surface area (Å²) in [6, 6.07) is 8.51. The fourth-order valence-electron chi connectivity index (χ4n) is 1.67. The van der Waals surface area contributed by atoms with Crippen molar-refractivity contribution in [2.75, 3.05) is 25.0 Å². The van der Waals surface area contributed by atoms with Gasteiger partial charge in [0.1, 0.15) is 0 Å². The molecular formula is C15H25N3. The molecule has 100 valence electrons. The fraction of sp³-hybridized carbons (Fsp3) is 0.533. The van der Waals surface area contributed by atoms with Crippen LogP contribution in [0.5, 0.6) is 0 Å². The van der Waals surface area contributed by atoms with Crippen LogP contribution in [0.15, 0.2) is 29.3 Å². The molecule has 0 heterocycles. The van der Waals surface area contributed by atoms with Gasteiger partial charge in [-0.3, -0.25) is 4.99 Å². The average Bonchev–Trinajstić information content (AvgIpc) is 2.42. The van der Waals surface area contributed by atoms with E-state index in [9.17, 15) is 0 Å². The minimum Gasteiger partial charge on any atom is -0.385 e. The smallest absolute Gasteiger partial charge is 0.0635 e. The van der Waals surface area contributed by atoms with Gasteiger partial charge in [0.15, 0.2) is 0 Å². The van der Waals surface area contributed by atoms with Gasteiger partial charge < -0.3 is 10.6 Å². The molecule has 0 atom stereocenters. The minimum atomic E-state index is 0.776. The summed E-state index contributed by atoms with van der Waals surface area (Å²) < 4.78 is 0. The van der Waals surface area contributed by atoms with Gasteiger partial charge in [-0.1, -0.05) is 19.1 Å². The zero-order valence-corrected chi connectivity index (χ0v) is 11.6. The van der Waals surface area contributed by atoms with E-state index in [1.54, 1.807) is 0 Å².